The second-order valence-electron chi connectivity index (χ2n) is 6.92. The van der Waals surface area contributed by atoms with Gasteiger partial charge in [0.2, 0.25) is 0 Å². The van der Waals surface area contributed by atoms with Crippen molar-refractivity contribution in [2.75, 3.05) is 46.2 Å². The lowest BCUT2D eigenvalue weighted by atomic mass is 10.1. The smallest absolute Gasteiger partial charge is 0.335 e. The highest BCUT2D eigenvalue weighted by Gasteiger charge is 2.36. The van der Waals surface area contributed by atoms with Crippen LogP contribution in [0.4, 0.5) is 0 Å². The number of hydrogen-bond donors (Lipinski definition) is 0. The number of benzene rings is 1. The third kappa shape index (κ3) is 6.65. The van der Waals surface area contributed by atoms with Crippen molar-refractivity contribution < 1.29 is 47.9 Å². The summed E-state index contributed by atoms with van der Waals surface area (Å²) in [5.41, 5.74) is 0.625. The van der Waals surface area contributed by atoms with Crippen LogP contribution in [0.1, 0.15) is 40.0 Å². The van der Waals surface area contributed by atoms with Gasteiger partial charge in [0.1, 0.15) is 0 Å². The van der Waals surface area contributed by atoms with Crippen LogP contribution in [-0.2, 0) is 38.3 Å². The Morgan fingerprint density at radius 2 is 1.18 bits per heavy atom. The SMILES string of the molecule is O=C(CCOCCOCCOCCON1C(=O)c2ccccc2C1=O)ON1C(=O)CCC1=O. The molecule has 0 N–H and O–H groups in total. The van der Waals surface area contributed by atoms with Gasteiger partial charge < -0.3 is 19.0 Å². The Bertz CT molecular complexity index is 852. The van der Waals surface area contributed by atoms with E-state index in [-0.39, 0.29) is 65.5 Å². The lowest BCUT2D eigenvalue weighted by Gasteiger charge is -2.13. The lowest BCUT2D eigenvalue weighted by molar-refractivity contribution is -0.198. The summed E-state index contributed by atoms with van der Waals surface area (Å²) in [6.45, 7) is 1.32. The predicted molar refractivity (Wildman–Crippen MR) is 107 cm³/mol. The van der Waals surface area contributed by atoms with Crippen molar-refractivity contribution in [2.45, 2.75) is 19.3 Å². The van der Waals surface area contributed by atoms with Crippen molar-refractivity contribution in [3.8, 4) is 0 Å². The van der Waals surface area contributed by atoms with E-state index < -0.39 is 29.6 Å². The van der Waals surface area contributed by atoms with Crippen LogP contribution in [0, 0.1) is 0 Å². The van der Waals surface area contributed by atoms with E-state index in [0.29, 0.717) is 16.2 Å². The first-order valence-corrected chi connectivity index (χ1v) is 10.4. The summed E-state index contributed by atoms with van der Waals surface area (Å²) in [6, 6.07) is 6.50. The standard InChI is InChI=1S/C21H24N2O10/c24-17-5-6-18(25)22(17)33-19(26)7-8-29-9-10-30-11-12-31-13-14-32-23-20(27)15-3-1-2-4-16(15)21(23)28/h1-4H,5-14H2. The van der Waals surface area contributed by atoms with E-state index in [1.807, 2.05) is 0 Å². The number of fused-ring (bicyclic) bond motifs is 1. The zero-order valence-corrected chi connectivity index (χ0v) is 17.9. The molecule has 12 heteroatoms. The first kappa shape index (κ1) is 24.5. The third-order valence-electron chi connectivity index (χ3n) is 4.60. The number of carbonyl (C=O) groups excluding carboxylic acids is 5. The molecule has 2 heterocycles. The summed E-state index contributed by atoms with van der Waals surface area (Å²) >= 11 is 0. The molecule has 33 heavy (non-hydrogen) atoms. The summed E-state index contributed by atoms with van der Waals surface area (Å²) in [6.07, 6.45) is -0.0141. The molecule has 3 rings (SSSR count). The normalized spacial score (nSPS) is 15.5. The van der Waals surface area contributed by atoms with Crippen LogP contribution in [0.15, 0.2) is 24.3 Å². The van der Waals surface area contributed by atoms with E-state index in [0.717, 1.165) is 5.06 Å². The zero-order chi connectivity index (χ0) is 23.6. The molecule has 0 unspecified atom stereocenters. The van der Waals surface area contributed by atoms with Crippen molar-refractivity contribution in [3.05, 3.63) is 35.4 Å². The summed E-state index contributed by atoms with van der Waals surface area (Å²) in [5.74, 6) is -2.77. The lowest BCUT2D eigenvalue weighted by Crippen LogP contribution is -2.32. The van der Waals surface area contributed by atoms with Crippen molar-refractivity contribution in [3.63, 3.8) is 0 Å². The highest BCUT2D eigenvalue weighted by Crippen LogP contribution is 2.22. The topological polar surface area (TPSA) is 138 Å². The van der Waals surface area contributed by atoms with Crippen LogP contribution >= 0.6 is 0 Å². The first-order valence-electron chi connectivity index (χ1n) is 10.4. The van der Waals surface area contributed by atoms with Crippen LogP contribution in [0.3, 0.4) is 0 Å². The molecular formula is C21H24N2O10. The second kappa shape index (κ2) is 12.2. The molecule has 1 aromatic carbocycles. The van der Waals surface area contributed by atoms with Gasteiger partial charge in [-0.05, 0) is 12.1 Å². The molecule has 0 aliphatic carbocycles. The van der Waals surface area contributed by atoms with E-state index in [2.05, 4.69) is 0 Å². The summed E-state index contributed by atoms with van der Waals surface area (Å²) in [5, 5.41) is 1.23. The average Bonchev–Trinajstić information content (AvgIpc) is 3.25. The van der Waals surface area contributed by atoms with E-state index >= 15 is 0 Å². The quantitative estimate of drug-likeness (QED) is 0.278. The largest absolute Gasteiger partial charge is 0.378 e. The molecule has 0 radical (unpaired) electrons. The maximum Gasteiger partial charge on any atom is 0.335 e. The van der Waals surface area contributed by atoms with E-state index in [9.17, 15) is 24.0 Å². The summed E-state index contributed by atoms with van der Waals surface area (Å²) < 4.78 is 15.9. The Morgan fingerprint density at radius 3 is 1.73 bits per heavy atom. The van der Waals surface area contributed by atoms with Gasteiger partial charge in [0.15, 0.2) is 0 Å². The molecule has 2 aliphatic heterocycles. The van der Waals surface area contributed by atoms with Crippen LogP contribution in [0.25, 0.3) is 0 Å². The molecule has 0 saturated carbocycles. The van der Waals surface area contributed by atoms with E-state index in [4.69, 9.17) is 23.9 Å². The summed E-state index contributed by atoms with van der Waals surface area (Å²) in [7, 11) is 0. The summed E-state index contributed by atoms with van der Waals surface area (Å²) in [4.78, 5) is 68.4. The number of hydrogen-bond acceptors (Lipinski definition) is 10. The fraction of sp³-hybridized carbons (Fsp3) is 0.476. The first-order chi connectivity index (χ1) is 16.0. The van der Waals surface area contributed by atoms with Crippen molar-refractivity contribution >= 4 is 29.6 Å². The van der Waals surface area contributed by atoms with Crippen molar-refractivity contribution in [2.24, 2.45) is 0 Å². The molecule has 0 bridgehead atoms. The fourth-order valence-corrected chi connectivity index (χ4v) is 2.97. The van der Waals surface area contributed by atoms with Gasteiger partial charge in [-0.15, -0.1) is 10.1 Å². The predicted octanol–water partition coefficient (Wildman–Crippen LogP) is 0.261. The Hall–Kier alpha value is -3.19. The Kier molecular flexibility index (Phi) is 9.01. The molecule has 0 atom stereocenters. The molecular weight excluding hydrogens is 440 g/mol. The molecule has 12 nitrogen and oxygen atoms in total. The second-order valence-corrected chi connectivity index (χ2v) is 6.92. The Morgan fingerprint density at radius 1 is 0.697 bits per heavy atom. The number of hydroxylamine groups is 4. The van der Waals surface area contributed by atoms with E-state index in [1.165, 1.54) is 0 Å². The van der Waals surface area contributed by atoms with Gasteiger partial charge in [-0.25, -0.2) is 4.79 Å². The van der Waals surface area contributed by atoms with Gasteiger partial charge >= 0.3 is 5.97 Å². The maximum absolute atomic E-state index is 12.1. The van der Waals surface area contributed by atoms with Gasteiger partial charge in [-0.1, -0.05) is 12.1 Å². The van der Waals surface area contributed by atoms with E-state index in [1.54, 1.807) is 24.3 Å². The van der Waals surface area contributed by atoms with Gasteiger partial charge in [-0.3, -0.25) is 24.0 Å². The number of carbonyl (C=O) groups is 5. The Balaban J connectivity index is 1.13. The molecule has 178 valence electrons. The third-order valence-corrected chi connectivity index (χ3v) is 4.60. The molecule has 1 aromatic rings. The van der Waals surface area contributed by atoms with Crippen LogP contribution in [-0.4, -0.2) is 86.0 Å². The van der Waals surface area contributed by atoms with Crippen molar-refractivity contribution in [1.82, 2.24) is 10.1 Å². The molecule has 2 aliphatic rings. The number of amides is 4. The highest BCUT2D eigenvalue weighted by atomic mass is 16.7. The molecule has 0 spiro atoms. The minimum Gasteiger partial charge on any atom is -0.378 e. The monoisotopic (exact) mass is 464 g/mol. The number of rotatable bonds is 14. The van der Waals surface area contributed by atoms with Gasteiger partial charge in [0.05, 0.1) is 63.8 Å². The van der Waals surface area contributed by atoms with Gasteiger partial charge in [0.25, 0.3) is 23.6 Å². The average molecular weight is 464 g/mol. The number of nitrogens with zero attached hydrogens (tertiary/aromatic N) is 2. The number of imide groups is 2. The minimum absolute atomic E-state index is 0.0271. The Labute approximate surface area is 189 Å². The highest BCUT2D eigenvalue weighted by molar-refractivity contribution is 6.20. The van der Waals surface area contributed by atoms with Crippen LogP contribution in [0.2, 0.25) is 0 Å². The molecule has 4 amide bonds. The fourth-order valence-electron chi connectivity index (χ4n) is 2.97. The molecule has 0 aromatic heterocycles. The van der Waals surface area contributed by atoms with Crippen LogP contribution < -0.4 is 0 Å². The number of ether oxygens (including phenoxy) is 3. The zero-order valence-electron chi connectivity index (χ0n) is 17.9. The van der Waals surface area contributed by atoms with Crippen molar-refractivity contribution in [1.29, 1.82) is 0 Å². The van der Waals surface area contributed by atoms with Gasteiger partial charge in [0, 0.05) is 12.8 Å². The molecule has 1 fully saturated rings. The minimum atomic E-state index is -0.726. The van der Waals surface area contributed by atoms with Crippen LogP contribution in [0.5, 0.6) is 0 Å². The maximum atomic E-state index is 12.1. The van der Waals surface area contributed by atoms with Gasteiger partial charge in [-0.2, -0.15) is 0 Å². The molecule has 1 saturated heterocycles.